The molecule has 0 saturated carbocycles. The molecule has 0 saturated heterocycles. The minimum absolute atomic E-state index is 0.0223. The van der Waals surface area contributed by atoms with Crippen LogP contribution in [-0.4, -0.2) is 27.0 Å². The second-order valence-electron chi connectivity index (χ2n) is 7.14. The highest BCUT2D eigenvalue weighted by Gasteiger charge is 2.21. The normalized spacial score (nSPS) is 13.0. The Morgan fingerprint density at radius 2 is 1.86 bits per heavy atom. The molecule has 1 aliphatic carbocycles. The molecule has 148 valence electrons. The Labute approximate surface area is 174 Å². The number of hydrogen-bond donors (Lipinski definition) is 1. The van der Waals surface area contributed by atoms with Crippen LogP contribution in [0.15, 0.2) is 59.8 Å². The molecule has 0 unspecified atom stereocenters. The molecule has 1 aromatic heterocycles. The lowest BCUT2D eigenvalue weighted by Gasteiger charge is -2.15. The predicted octanol–water partition coefficient (Wildman–Crippen LogP) is 4.68. The number of benzene rings is 2. The number of anilines is 1. The van der Waals surface area contributed by atoms with E-state index < -0.39 is 0 Å². The number of hydrogen-bond acceptors (Lipinski definition) is 4. The molecule has 6 heteroatoms. The Hall–Kier alpha value is -2.86. The highest BCUT2D eigenvalue weighted by Crippen LogP contribution is 2.30. The number of imidazole rings is 1. The maximum absolute atomic E-state index is 12.5. The van der Waals surface area contributed by atoms with Gasteiger partial charge < -0.3 is 5.32 Å². The first-order chi connectivity index (χ1) is 14.1. The number of fused-ring (bicyclic) bond motifs is 1. The third-order valence-electron chi connectivity index (χ3n) is 5.00. The van der Waals surface area contributed by atoms with E-state index in [1.165, 1.54) is 30.8 Å². The van der Waals surface area contributed by atoms with E-state index in [0.717, 1.165) is 35.8 Å². The zero-order chi connectivity index (χ0) is 20.2. The number of amides is 1. The van der Waals surface area contributed by atoms with Crippen LogP contribution in [0.5, 0.6) is 0 Å². The Morgan fingerprint density at radius 1 is 1.07 bits per heavy atom. The summed E-state index contributed by atoms with van der Waals surface area (Å²) in [4.78, 5) is 28.9. The van der Waals surface area contributed by atoms with Gasteiger partial charge in [0.1, 0.15) is 0 Å². The van der Waals surface area contributed by atoms with Gasteiger partial charge in [-0.15, -0.1) is 0 Å². The summed E-state index contributed by atoms with van der Waals surface area (Å²) in [7, 11) is 0. The first-order valence-corrected chi connectivity index (χ1v) is 10.8. The third kappa shape index (κ3) is 4.43. The summed E-state index contributed by atoms with van der Waals surface area (Å²) >= 11 is 1.45. The number of aryl methyl sites for hydroxylation is 1. The van der Waals surface area contributed by atoms with Crippen molar-refractivity contribution < 1.29 is 9.59 Å². The van der Waals surface area contributed by atoms with Crippen LogP contribution in [0.3, 0.4) is 0 Å². The summed E-state index contributed by atoms with van der Waals surface area (Å²) in [6.07, 6.45) is 4.34. The highest BCUT2D eigenvalue weighted by atomic mass is 32.2. The maximum Gasteiger partial charge on any atom is 0.234 e. The first-order valence-electron chi connectivity index (χ1n) is 9.81. The fourth-order valence-electron chi connectivity index (χ4n) is 3.60. The van der Waals surface area contributed by atoms with E-state index in [-0.39, 0.29) is 17.4 Å². The van der Waals surface area contributed by atoms with Crippen molar-refractivity contribution in [2.75, 3.05) is 11.1 Å². The van der Waals surface area contributed by atoms with Crippen molar-refractivity contribution in [2.45, 2.75) is 37.8 Å². The van der Waals surface area contributed by atoms with Crippen molar-refractivity contribution in [3.63, 3.8) is 0 Å². The second kappa shape index (κ2) is 8.66. The van der Waals surface area contributed by atoms with Gasteiger partial charge in [-0.05, 0) is 56.9 Å². The van der Waals surface area contributed by atoms with Crippen molar-refractivity contribution in [1.29, 1.82) is 0 Å². The summed E-state index contributed by atoms with van der Waals surface area (Å²) in [5.41, 5.74) is 4.72. The van der Waals surface area contributed by atoms with Gasteiger partial charge in [-0.2, -0.15) is 0 Å². The zero-order valence-electron chi connectivity index (χ0n) is 16.4. The van der Waals surface area contributed by atoms with E-state index in [1.807, 2.05) is 18.2 Å². The molecule has 0 atom stereocenters. The molecule has 29 heavy (non-hydrogen) atoms. The molecular formula is C23H23N3O2S. The lowest BCUT2D eigenvalue weighted by molar-refractivity contribution is -0.113. The molecule has 4 rings (SSSR count). The van der Waals surface area contributed by atoms with Crippen LogP contribution in [0.4, 0.5) is 5.69 Å². The van der Waals surface area contributed by atoms with Gasteiger partial charge in [0.2, 0.25) is 5.91 Å². The highest BCUT2D eigenvalue weighted by molar-refractivity contribution is 7.99. The number of rotatable bonds is 6. The number of ketones is 1. The summed E-state index contributed by atoms with van der Waals surface area (Å²) < 4.78 is 2.20. The molecule has 1 amide bonds. The average molecular weight is 406 g/mol. The van der Waals surface area contributed by atoms with Crippen LogP contribution in [-0.2, 0) is 17.6 Å². The van der Waals surface area contributed by atoms with Crippen LogP contribution < -0.4 is 5.32 Å². The van der Waals surface area contributed by atoms with Crippen molar-refractivity contribution in [3.05, 3.63) is 71.5 Å². The van der Waals surface area contributed by atoms with Gasteiger partial charge in [0.25, 0.3) is 0 Å². The van der Waals surface area contributed by atoms with E-state index >= 15 is 0 Å². The summed E-state index contributed by atoms with van der Waals surface area (Å²) in [5, 5.41) is 3.74. The Bertz CT molecular complexity index is 1040. The zero-order valence-corrected chi connectivity index (χ0v) is 17.2. The average Bonchev–Trinajstić information content (AvgIpc) is 3.11. The van der Waals surface area contributed by atoms with Gasteiger partial charge >= 0.3 is 0 Å². The number of nitrogens with one attached hydrogen (secondary N) is 1. The number of aromatic nitrogens is 2. The van der Waals surface area contributed by atoms with Crippen LogP contribution in [0.25, 0.3) is 5.69 Å². The monoisotopic (exact) mass is 405 g/mol. The third-order valence-corrected chi connectivity index (χ3v) is 5.94. The number of Topliss-reactive ketones (excluding diaryl/α,β-unsaturated/α-hetero) is 1. The minimum atomic E-state index is -0.115. The van der Waals surface area contributed by atoms with E-state index in [0.29, 0.717) is 11.3 Å². The molecule has 3 aromatic rings. The molecular weight excluding hydrogens is 382 g/mol. The van der Waals surface area contributed by atoms with Crippen LogP contribution in [0.2, 0.25) is 0 Å². The smallest absolute Gasteiger partial charge is 0.234 e. The predicted molar refractivity (Wildman–Crippen MR) is 116 cm³/mol. The van der Waals surface area contributed by atoms with Crippen molar-refractivity contribution >= 4 is 29.1 Å². The van der Waals surface area contributed by atoms with Crippen LogP contribution >= 0.6 is 11.8 Å². The van der Waals surface area contributed by atoms with Gasteiger partial charge in [-0.3, -0.25) is 14.2 Å². The first kappa shape index (κ1) is 19.5. The van der Waals surface area contributed by atoms with Gasteiger partial charge in [-0.25, -0.2) is 4.98 Å². The van der Waals surface area contributed by atoms with E-state index in [1.54, 1.807) is 24.3 Å². The van der Waals surface area contributed by atoms with Gasteiger partial charge in [-0.1, -0.05) is 42.1 Å². The Balaban J connectivity index is 1.51. The fourth-order valence-corrected chi connectivity index (χ4v) is 4.45. The molecule has 1 N–H and O–H groups in total. The lowest BCUT2D eigenvalue weighted by Crippen LogP contribution is -2.15. The molecule has 0 spiro atoms. The number of carbonyl (C=O) groups is 2. The summed E-state index contributed by atoms with van der Waals surface area (Å²) in [5.74, 6) is 0.120. The molecule has 1 aliphatic rings. The lowest BCUT2D eigenvalue weighted by atomic mass is 10.0. The Kier molecular flexibility index (Phi) is 5.81. The standard InChI is InChI=1S/C23H23N3O2S/c1-16(27)17-8-7-9-18(14-17)24-22(28)15-29-23-25-20-12-5-6-13-21(20)26(23)19-10-3-2-4-11-19/h2-4,7-11,14H,5-6,12-13,15H2,1H3,(H,24,28). The number of nitrogens with zero attached hydrogens (tertiary/aromatic N) is 2. The van der Waals surface area contributed by atoms with E-state index in [2.05, 4.69) is 22.0 Å². The van der Waals surface area contributed by atoms with Gasteiger partial charge in [0.15, 0.2) is 10.9 Å². The molecule has 2 aromatic carbocycles. The fraction of sp³-hybridized carbons (Fsp3) is 0.261. The molecule has 0 aliphatic heterocycles. The summed E-state index contributed by atoms with van der Waals surface area (Å²) in [6.45, 7) is 1.52. The van der Waals surface area contributed by atoms with Crippen molar-refractivity contribution in [2.24, 2.45) is 0 Å². The molecule has 0 bridgehead atoms. The van der Waals surface area contributed by atoms with Gasteiger partial charge in [0, 0.05) is 22.6 Å². The molecule has 1 heterocycles. The summed E-state index contributed by atoms with van der Waals surface area (Å²) in [6, 6.07) is 17.2. The number of carbonyl (C=O) groups excluding carboxylic acids is 2. The molecule has 5 nitrogen and oxygen atoms in total. The minimum Gasteiger partial charge on any atom is -0.325 e. The SMILES string of the molecule is CC(=O)c1cccc(NC(=O)CSc2nc3c(n2-c2ccccc2)CCCC3)c1. The van der Waals surface area contributed by atoms with Crippen LogP contribution in [0, 0.1) is 0 Å². The molecule has 0 radical (unpaired) electrons. The van der Waals surface area contributed by atoms with Crippen molar-refractivity contribution in [3.8, 4) is 5.69 Å². The number of thioether (sulfide) groups is 1. The van der Waals surface area contributed by atoms with E-state index in [9.17, 15) is 9.59 Å². The maximum atomic E-state index is 12.5. The van der Waals surface area contributed by atoms with Crippen LogP contribution in [0.1, 0.15) is 41.5 Å². The quantitative estimate of drug-likeness (QED) is 0.478. The topological polar surface area (TPSA) is 64.0 Å². The molecule has 0 fully saturated rings. The second-order valence-corrected chi connectivity index (χ2v) is 8.08. The van der Waals surface area contributed by atoms with E-state index in [4.69, 9.17) is 4.98 Å². The van der Waals surface area contributed by atoms with Crippen molar-refractivity contribution in [1.82, 2.24) is 9.55 Å². The largest absolute Gasteiger partial charge is 0.325 e. The number of para-hydroxylation sites is 1. The Morgan fingerprint density at radius 3 is 2.66 bits per heavy atom. The van der Waals surface area contributed by atoms with Gasteiger partial charge in [0.05, 0.1) is 11.4 Å².